The Hall–Kier alpha value is -0.625. The molecule has 7 heteroatoms. The summed E-state index contributed by atoms with van der Waals surface area (Å²) in [5.41, 5.74) is 4.57. The molecular weight excluding hydrogens is 177 g/mol. The summed E-state index contributed by atoms with van der Waals surface area (Å²) in [5.74, 6) is -0.968. The van der Waals surface area contributed by atoms with Crippen LogP contribution in [0.25, 0.3) is 0 Å². The van der Waals surface area contributed by atoms with Crippen molar-refractivity contribution in [2.45, 2.75) is 13.8 Å². The first-order valence-electron chi connectivity index (χ1n) is 3.91. The summed E-state index contributed by atoms with van der Waals surface area (Å²) in [4.78, 5) is 9.24. The van der Waals surface area contributed by atoms with Gasteiger partial charge in [-0.1, -0.05) is 0 Å². The highest BCUT2D eigenvalue weighted by molar-refractivity contribution is 6.34. The number of hydrogen-bond acceptors (Lipinski definition) is 5. The van der Waals surface area contributed by atoms with Gasteiger partial charge in [0.05, 0.1) is 6.54 Å². The number of rotatable bonds is 5. The van der Waals surface area contributed by atoms with Crippen molar-refractivity contribution in [2.75, 3.05) is 19.8 Å². The fourth-order valence-electron chi connectivity index (χ4n) is 0.333. The zero-order chi connectivity index (χ0) is 10.7. The van der Waals surface area contributed by atoms with Crippen LogP contribution in [-0.4, -0.2) is 43.2 Å². The van der Waals surface area contributed by atoms with Crippen LogP contribution in [0.15, 0.2) is 0 Å². The van der Waals surface area contributed by atoms with Gasteiger partial charge >= 0.3 is 13.3 Å². The highest BCUT2D eigenvalue weighted by atomic mass is 16.7. The molecule has 0 rings (SSSR count). The maximum Gasteiger partial charge on any atom is 0.636 e. The molecule has 0 aromatic heterocycles. The Kier molecular flexibility index (Phi) is 13.0. The lowest BCUT2D eigenvalue weighted by molar-refractivity contribution is -0.135. The molecule has 0 amide bonds. The molecule has 0 heterocycles. The summed E-state index contributed by atoms with van der Waals surface area (Å²) < 4.78 is 9.23. The van der Waals surface area contributed by atoms with E-state index < -0.39 is 13.3 Å². The molecule has 0 saturated carbocycles. The van der Waals surface area contributed by atoms with Crippen molar-refractivity contribution in [3.63, 3.8) is 0 Å². The average molecular weight is 193 g/mol. The third-order valence-electron chi connectivity index (χ3n) is 0.793. The molecule has 0 aromatic carbocycles. The molecule has 0 radical (unpaired) electrons. The van der Waals surface area contributed by atoms with Crippen LogP contribution in [0.4, 0.5) is 0 Å². The number of nitrogens with two attached hydrogens (primary N) is 1. The molecule has 0 fully saturated rings. The van der Waals surface area contributed by atoms with Crippen LogP contribution in [-0.2, 0) is 14.1 Å². The predicted molar refractivity (Wildman–Crippen MR) is 47.9 cm³/mol. The van der Waals surface area contributed by atoms with Crippen molar-refractivity contribution in [3.05, 3.63) is 0 Å². The molecule has 0 aromatic rings. The summed E-state index contributed by atoms with van der Waals surface area (Å²) in [7, 11) is -1.04. The minimum absolute atomic E-state index is 0.278. The molecule has 0 atom stereocenters. The first-order chi connectivity index (χ1) is 6.08. The second-order valence-corrected chi connectivity index (χ2v) is 1.82. The summed E-state index contributed by atoms with van der Waals surface area (Å²) in [5, 5.41) is 16.2. The van der Waals surface area contributed by atoms with E-state index in [1.165, 1.54) is 0 Å². The number of carbonyl (C=O) groups is 1. The summed E-state index contributed by atoms with van der Waals surface area (Å²) in [6.07, 6.45) is 0. The average Bonchev–Trinajstić information content (AvgIpc) is 2.06. The molecular formula is C6H16BNO5. The molecule has 0 unspecified atom stereocenters. The van der Waals surface area contributed by atoms with Crippen LogP contribution in [0.5, 0.6) is 0 Å². The topological polar surface area (TPSA) is 102 Å². The second-order valence-electron chi connectivity index (χ2n) is 1.82. The lowest BCUT2D eigenvalue weighted by atomic mass is 10.2. The van der Waals surface area contributed by atoms with E-state index in [-0.39, 0.29) is 6.54 Å². The number of aliphatic carboxylic acids is 1. The van der Waals surface area contributed by atoms with E-state index in [1.54, 1.807) is 13.8 Å². The van der Waals surface area contributed by atoms with Gasteiger partial charge in [-0.3, -0.25) is 4.79 Å². The third-order valence-corrected chi connectivity index (χ3v) is 0.793. The zero-order valence-corrected chi connectivity index (χ0v) is 7.90. The molecule has 0 bridgehead atoms. The molecule has 6 nitrogen and oxygen atoms in total. The normalized spacial score (nSPS) is 8.62. The van der Waals surface area contributed by atoms with Gasteiger partial charge in [-0.15, -0.1) is 0 Å². The van der Waals surface area contributed by atoms with Crippen molar-refractivity contribution in [3.8, 4) is 0 Å². The van der Waals surface area contributed by atoms with E-state index in [2.05, 4.69) is 15.0 Å². The summed E-state index contributed by atoms with van der Waals surface area (Å²) in [6.45, 7) is 4.26. The van der Waals surface area contributed by atoms with Crippen LogP contribution in [0.3, 0.4) is 0 Å². The zero-order valence-electron chi connectivity index (χ0n) is 7.90. The first-order valence-corrected chi connectivity index (χ1v) is 3.91. The molecule has 0 aliphatic rings. The van der Waals surface area contributed by atoms with Crippen molar-refractivity contribution in [2.24, 2.45) is 5.73 Å². The molecule has 0 aliphatic heterocycles. The smallest absolute Gasteiger partial charge is 0.480 e. The summed E-state index contributed by atoms with van der Waals surface area (Å²) >= 11 is 0. The Balaban J connectivity index is 0. The molecule has 13 heavy (non-hydrogen) atoms. The van der Waals surface area contributed by atoms with Gasteiger partial charge in [-0.2, -0.15) is 0 Å². The van der Waals surface area contributed by atoms with Crippen molar-refractivity contribution >= 4 is 13.3 Å². The largest absolute Gasteiger partial charge is 0.636 e. The molecule has 0 saturated heterocycles. The van der Waals surface area contributed by atoms with Crippen LogP contribution in [0, 0.1) is 0 Å². The number of carboxylic acid groups (broad SMARTS) is 1. The van der Waals surface area contributed by atoms with Gasteiger partial charge in [0.15, 0.2) is 0 Å². The van der Waals surface area contributed by atoms with Crippen LogP contribution >= 0.6 is 0 Å². The Morgan fingerprint density at radius 3 is 1.85 bits per heavy atom. The van der Waals surface area contributed by atoms with Gasteiger partial charge < -0.3 is 25.2 Å². The maximum atomic E-state index is 9.24. The van der Waals surface area contributed by atoms with Crippen LogP contribution < -0.4 is 5.73 Å². The van der Waals surface area contributed by atoms with Gasteiger partial charge in [0.1, 0.15) is 0 Å². The predicted octanol–water partition coefficient (Wildman–Crippen LogP) is -0.934. The van der Waals surface area contributed by atoms with E-state index in [1.807, 2.05) is 0 Å². The van der Waals surface area contributed by atoms with E-state index in [0.29, 0.717) is 13.2 Å². The highest BCUT2D eigenvalue weighted by Gasteiger charge is 2.11. The van der Waals surface area contributed by atoms with E-state index in [9.17, 15) is 4.79 Å². The Morgan fingerprint density at radius 2 is 1.69 bits per heavy atom. The molecule has 4 N–H and O–H groups in total. The number of hydrogen-bond donors (Lipinski definition) is 3. The quantitative estimate of drug-likeness (QED) is 0.487. The van der Waals surface area contributed by atoms with Crippen molar-refractivity contribution in [1.82, 2.24) is 0 Å². The van der Waals surface area contributed by atoms with Crippen LogP contribution in [0.2, 0.25) is 0 Å². The standard InChI is InChI=1S/C4H11BO3.C2H5NO2/c1-3-7-5(6)8-4-2;3-1-2(4)5/h6H,3-4H2,1-2H3;1,3H2,(H,4,5). The van der Waals surface area contributed by atoms with Gasteiger partial charge in [-0.25, -0.2) is 0 Å². The number of carboxylic acids is 1. The van der Waals surface area contributed by atoms with Gasteiger partial charge in [-0.05, 0) is 13.8 Å². The Bertz CT molecular complexity index is 118. The van der Waals surface area contributed by atoms with E-state index >= 15 is 0 Å². The maximum absolute atomic E-state index is 9.24. The Morgan fingerprint density at radius 1 is 1.38 bits per heavy atom. The highest BCUT2D eigenvalue weighted by Crippen LogP contribution is 1.81. The lowest BCUT2D eigenvalue weighted by Gasteiger charge is -2.02. The first kappa shape index (κ1) is 14.9. The van der Waals surface area contributed by atoms with Crippen molar-refractivity contribution in [1.29, 1.82) is 0 Å². The molecule has 0 aliphatic carbocycles. The minimum Gasteiger partial charge on any atom is -0.480 e. The van der Waals surface area contributed by atoms with Crippen LogP contribution in [0.1, 0.15) is 13.8 Å². The SMILES string of the molecule is CCOB(O)OCC.NCC(=O)O. The van der Waals surface area contributed by atoms with Crippen molar-refractivity contribution < 1.29 is 24.2 Å². The fraction of sp³-hybridized carbons (Fsp3) is 0.833. The molecule has 78 valence electrons. The fourth-order valence-corrected chi connectivity index (χ4v) is 0.333. The van der Waals surface area contributed by atoms with Gasteiger partial charge in [0.2, 0.25) is 0 Å². The lowest BCUT2D eigenvalue weighted by Crippen LogP contribution is -2.22. The van der Waals surface area contributed by atoms with Gasteiger partial charge in [0.25, 0.3) is 0 Å². The summed E-state index contributed by atoms with van der Waals surface area (Å²) in [6, 6.07) is 0. The van der Waals surface area contributed by atoms with E-state index in [0.717, 1.165) is 0 Å². The Labute approximate surface area is 77.8 Å². The molecule has 0 spiro atoms. The monoisotopic (exact) mass is 193 g/mol. The third kappa shape index (κ3) is 18.4. The minimum atomic E-state index is -1.04. The van der Waals surface area contributed by atoms with Gasteiger partial charge in [0, 0.05) is 13.2 Å². The van der Waals surface area contributed by atoms with E-state index in [4.69, 9.17) is 10.1 Å². The second kappa shape index (κ2) is 11.4.